The van der Waals surface area contributed by atoms with Gasteiger partial charge in [-0.2, -0.15) is 13.5 Å². The van der Waals surface area contributed by atoms with Gasteiger partial charge in [-0.1, -0.05) is 100 Å². The second kappa shape index (κ2) is 38.6. The van der Waals surface area contributed by atoms with Crippen LogP contribution in [0.4, 0.5) is 5.82 Å². The van der Waals surface area contributed by atoms with E-state index in [1.165, 1.54) is 71.6 Å². The lowest BCUT2D eigenvalue weighted by Crippen LogP contribution is -2.59. The number of hydrogen-bond acceptors (Lipinski definition) is 18. The van der Waals surface area contributed by atoms with E-state index in [9.17, 15) is 65.7 Å². The number of hydrazone groups is 1. The van der Waals surface area contributed by atoms with Crippen LogP contribution in [0.15, 0.2) is 131 Å². The Hall–Kier alpha value is -10.6. The lowest BCUT2D eigenvalue weighted by molar-refractivity contribution is -0.156. The molecule has 0 bridgehead atoms. The number of aryl methyl sites for hydroxylation is 1. The molecule has 1 fully saturated rings. The Labute approximate surface area is 606 Å². The molecule has 560 valence electrons. The Kier molecular flexibility index (Phi) is 30.6. The number of pyridine rings is 1. The predicted octanol–water partition coefficient (Wildman–Crippen LogP) is 5.24. The summed E-state index contributed by atoms with van der Waals surface area (Å²) in [6, 6.07) is 24.7. The molecule has 4 aromatic carbocycles. The molecule has 0 spiro atoms. The number of hydrazine groups is 1. The summed E-state index contributed by atoms with van der Waals surface area (Å²) in [5, 5.41) is 20.4. The molecule has 0 radical (unpaired) electrons. The third kappa shape index (κ3) is 28.0. The maximum Gasteiger partial charge on any atom is 0.308 e. The van der Waals surface area contributed by atoms with E-state index in [1.807, 2.05) is 78.8 Å². The van der Waals surface area contributed by atoms with Crippen molar-refractivity contribution in [3.8, 4) is 5.75 Å². The minimum absolute atomic E-state index is 0.0209. The van der Waals surface area contributed by atoms with Crippen LogP contribution >= 0.6 is 0 Å². The molecular formula is C74H97N13O16S. The Balaban J connectivity index is 1.10. The van der Waals surface area contributed by atoms with Gasteiger partial charge in [-0.15, -0.1) is 0 Å². The number of anilines is 1. The zero-order valence-corrected chi connectivity index (χ0v) is 61.4. The van der Waals surface area contributed by atoms with Gasteiger partial charge in [0.15, 0.2) is 0 Å². The van der Waals surface area contributed by atoms with Crippen LogP contribution in [0.3, 0.4) is 0 Å². The van der Waals surface area contributed by atoms with E-state index in [-0.39, 0.29) is 104 Å². The molecule has 1 aliphatic heterocycles. The molecular weight excluding hydrogens is 1360 g/mol. The predicted molar refractivity (Wildman–Crippen MR) is 387 cm³/mol. The Morgan fingerprint density at radius 2 is 1.28 bits per heavy atom. The molecule has 30 heteroatoms. The van der Waals surface area contributed by atoms with Crippen molar-refractivity contribution in [1.29, 1.82) is 0 Å². The number of nitrogens with one attached hydrogen (secondary N) is 9. The first-order valence-electron chi connectivity index (χ1n) is 34.4. The quantitative estimate of drug-likeness (QED) is 0.0109. The van der Waals surface area contributed by atoms with Crippen LogP contribution in [-0.2, 0) is 77.4 Å². The van der Waals surface area contributed by atoms with E-state index in [0.29, 0.717) is 23.3 Å². The highest BCUT2D eigenvalue weighted by molar-refractivity contribution is 7.86. The molecule has 1 aliphatic rings. The Bertz CT molecular complexity index is 3960. The second-order valence-corrected chi connectivity index (χ2v) is 29.4. The fourth-order valence-corrected chi connectivity index (χ4v) is 11.6. The van der Waals surface area contributed by atoms with E-state index in [0.717, 1.165) is 5.56 Å². The van der Waals surface area contributed by atoms with E-state index in [4.69, 9.17) is 9.47 Å². The molecule has 0 unspecified atom stereocenters. The van der Waals surface area contributed by atoms with Gasteiger partial charge in [0.1, 0.15) is 57.9 Å². The number of carbonyl (C=O) groups excluding carboxylic acids is 11. The lowest BCUT2D eigenvalue weighted by atomic mass is 10.00. The molecule has 10 N–H and O–H groups in total. The van der Waals surface area contributed by atoms with Crippen LogP contribution in [0.25, 0.3) is 0 Å². The first-order valence-corrected chi connectivity index (χ1v) is 35.8. The average Bonchev–Trinajstić information content (AvgIpc) is 1.56. The maximum atomic E-state index is 14.8. The summed E-state index contributed by atoms with van der Waals surface area (Å²) >= 11 is 0. The van der Waals surface area contributed by atoms with Crippen molar-refractivity contribution in [1.82, 2.24) is 57.5 Å². The van der Waals surface area contributed by atoms with Gasteiger partial charge >= 0.3 is 5.97 Å². The van der Waals surface area contributed by atoms with Gasteiger partial charge < -0.3 is 51.2 Å². The summed E-state index contributed by atoms with van der Waals surface area (Å²) < 4.78 is 44.3. The Morgan fingerprint density at radius 3 is 1.89 bits per heavy atom. The van der Waals surface area contributed by atoms with Crippen molar-refractivity contribution in [2.75, 3.05) is 31.6 Å². The van der Waals surface area contributed by atoms with Gasteiger partial charge in [0.25, 0.3) is 27.8 Å². The van der Waals surface area contributed by atoms with E-state index >= 15 is 0 Å². The highest BCUT2D eigenvalue weighted by atomic mass is 32.2. The summed E-state index contributed by atoms with van der Waals surface area (Å²) in [6.45, 7) is 18.5. The smallest absolute Gasteiger partial charge is 0.308 e. The van der Waals surface area contributed by atoms with Gasteiger partial charge in [-0.25, -0.2) is 4.98 Å². The molecule has 5 aromatic rings. The zero-order valence-electron chi connectivity index (χ0n) is 60.6. The lowest BCUT2D eigenvalue weighted by Gasteiger charge is -2.29. The van der Waals surface area contributed by atoms with Crippen molar-refractivity contribution in [2.45, 2.75) is 180 Å². The number of likely N-dealkylation sites (tertiary alicyclic amines) is 1. The number of benzene rings is 4. The van der Waals surface area contributed by atoms with Crippen molar-refractivity contribution in [2.24, 2.45) is 16.9 Å². The normalized spacial score (nSPS) is 14.2. The number of ether oxygens (including phenoxy) is 2. The molecule has 5 atom stereocenters. The average molecular weight is 1460 g/mol. The third-order valence-corrected chi connectivity index (χ3v) is 16.9. The molecule has 29 nitrogen and oxygen atoms in total. The van der Waals surface area contributed by atoms with Gasteiger partial charge in [0.05, 0.1) is 31.3 Å². The third-order valence-electron chi connectivity index (χ3n) is 16.0. The minimum atomic E-state index is -4.49. The molecule has 2 heterocycles. The largest absolute Gasteiger partial charge is 0.488 e. The molecule has 1 aromatic heterocycles. The molecule has 0 saturated carbocycles. The van der Waals surface area contributed by atoms with Crippen LogP contribution in [0.5, 0.6) is 5.75 Å². The molecule has 104 heavy (non-hydrogen) atoms. The van der Waals surface area contributed by atoms with E-state index in [2.05, 4.69) is 58.3 Å². The maximum absolute atomic E-state index is 14.8. The summed E-state index contributed by atoms with van der Waals surface area (Å²) in [5.74, 6) is -6.72. The zero-order chi connectivity index (χ0) is 76.5. The summed E-state index contributed by atoms with van der Waals surface area (Å²) in [6.07, 6.45) is 3.48. The standard InChI is InChI=1S/C74H97N13O16S/c1-46(2)38-57(82-72(98)60-21-17-36-87(60)64(90)45-86(48(5)88)37-35-65(91)103-74(9,10)11)68(94)77-44-63(89)79-56(33-27-49-18-13-12-14-19-49)69(95)81-59(40-50-25-31-55(32-26-50)102-73(6,7)8)70(96)80-58(39-47(3)4)71(97)85-84-67(93)52-28-23-51(24-29-52)41-76-66(92)54-30-34-62(75-42-54)83-78-43-53-20-15-16-22-61(53)104(99,100)101/h12-16,18-20,22-26,28-32,34,42-43,46-47,56-60H,17,21,27,33,35-41,44-45H2,1-11H3,(H,75,83)(H,76,92)(H,77,94)(H,79,89)(H,80,96)(H,81,95)(H,82,98)(H,84,93)(H,85,97)(H,99,100,101)/b78-43+/t56-,57-,58-,59-,60-/m0/s1. The number of hydrogen-bond donors (Lipinski definition) is 10. The number of carbonyl (C=O) groups is 11. The number of rotatable bonds is 34. The molecule has 10 amide bonds. The van der Waals surface area contributed by atoms with Crippen LogP contribution in [-0.4, -0.2) is 167 Å². The molecule has 1 saturated heterocycles. The van der Waals surface area contributed by atoms with Gasteiger partial charge in [-0.05, 0) is 151 Å². The first kappa shape index (κ1) is 82.3. The van der Waals surface area contributed by atoms with Crippen LogP contribution in [0, 0.1) is 11.8 Å². The fraction of sp³-hybridized carbons (Fsp3) is 0.446. The second-order valence-electron chi connectivity index (χ2n) is 28.0. The van der Waals surface area contributed by atoms with Gasteiger partial charge in [0.2, 0.25) is 41.4 Å². The Morgan fingerprint density at radius 1 is 0.663 bits per heavy atom. The van der Waals surface area contributed by atoms with Gasteiger partial charge in [0, 0.05) is 50.3 Å². The van der Waals surface area contributed by atoms with E-state index in [1.54, 1.807) is 63.2 Å². The van der Waals surface area contributed by atoms with Crippen molar-refractivity contribution in [3.63, 3.8) is 0 Å². The van der Waals surface area contributed by atoms with Crippen molar-refractivity contribution >= 4 is 87.2 Å². The summed E-state index contributed by atoms with van der Waals surface area (Å²) in [5.41, 5.74) is 8.64. The van der Waals surface area contributed by atoms with Crippen molar-refractivity contribution in [3.05, 3.63) is 155 Å². The number of aromatic nitrogens is 1. The minimum Gasteiger partial charge on any atom is -0.488 e. The summed E-state index contributed by atoms with van der Waals surface area (Å²) in [7, 11) is -4.49. The molecule has 6 rings (SSSR count). The van der Waals surface area contributed by atoms with Crippen LogP contribution in [0.1, 0.15) is 158 Å². The number of esters is 1. The van der Waals surface area contributed by atoms with E-state index < -0.39 is 130 Å². The van der Waals surface area contributed by atoms with Gasteiger partial charge in [-0.3, -0.25) is 73.6 Å². The van der Waals surface area contributed by atoms with Crippen molar-refractivity contribution < 1.29 is 75.2 Å². The van der Waals surface area contributed by atoms with Crippen LogP contribution in [0.2, 0.25) is 0 Å². The van der Waals surface area contributed by atoms with Crippen LogP contribution < -0.4 is 52.9 Å². The SMILES string of the molecule is CC(=O)N(CCC(=O)OC(C)(C)C)CC(=O)N1CCC[C@H]1C(=O)N[C@@H](CC(C)C)C(=O)NCC(=O)N[C@@H](CCc1ccccc1)C(=O)N[C@@H](Cc1ccc(OC(C)(C)C)cc1)C(=O)N[C@@H](CC(C)C)C(=O)NNC(=O)c1ccc(CNC(=O)c2ccc(N/N=C/c3ccccc3S(=O)(=O)O)nc2)cc1. The monoisotopic (exact) mass is 1460 g/mol. The highest BCUT2D eigenvalue weighted by Crippen LogP contribution is 2.23. The topological polar surface area (TPSA) is 401 Å². The summed E-state index contributed by atoms with van der Waals surface area (Å²) in [4.78, 5) is 157. The molecule has 0 aliphatic carbocycles. The number of amides is 10. The highest BCUT2D eigenvalue weighted by Gasteiger charge is 2.38. The fourth-order valence-electron chi connectivity index (χ4n) is 10.9. The number of nitrogens with zero attached hydrogens (tertiary/aromatic N) is 4. The first-order chi connectivity index (χ1) is 49.0.